The molecule has 1 fully saturated rings. The molecular weight excluding hydrogens is 282 g/mol. The van der Waals surface area contributed by atoms with Gasteiger partial charge < -0.3 is 15.0 Å². The lowest BCUT2D eigenvalue weighted by molar-refractivity contribution is -0.141. The Kier molecular flexibility index (Phi) is 3.62. The van der Waals surface area contributed by atoms with E-state index in [-0.39, 0.29) is 17.6 Å². The van der Waals surface area contributed by atoms with Crippen LogP contribution in [0.25, 0.3) is 5.69 Å². The molecule has 1 aromatic carbocycles. The molecule has 116 valence electrons. The molecule has 2 heterocycles. The summed E-state index contributed by atoms with van der Waals surface area (Å²) < 4.78 is 3.22. The van der Waals surface area contributed by atoms with Crippen LogP contribution in [0.5, 0.6) is 0 Å². The van der Waals surface area contributed by atoms with Crippen LogP contribution in [0.2, 0.25) is 0 Å². The molecule has 0 bridgehead atoms. The number of hydrogen-bond donors (Lipinski definition) is 2. The molecule has 0 aliphatic carbocycles. The van der Waals surface area contributed by atoms with Crippen molar-refractivity contribution in [3.05, 3.63) is 52.2 Å². The van der Waals surface area contributed by atoms with Gasteiger partial charge in [-0.05, 0) is 25.0 Å². The predicted molar refractivity (Wildman–Crippen MR) is 82.2 cm³/mol. The molecule has 1 aliphatic heterocycles. The van der Waals surface area contributed by atoms with E-state index in [0.717, 1.165) is 16.9 Å². The van der Waals surface area contributed by atoms with Crippen molar-refractivity contribution in [3.8, 4) is 5.69 Å². The molecule has 0 saturated carbocycles. The van der Waals surface area contributed by atoms with Crippen LogP contribution in [0.1, 0.15) is 23.7 Å². The Balaban J connectivity index is 2.05. The molecule has 0 spiro atoms. The summed E-state index contributed by atoms with van der Waals surface area (Å²) in [5.41, 5.74) is 2.53. The average molecular weight is 301 g/mol. The van der Waals surface area contributed by atoms with Crippen LogP contribution in [0.4, 0.5) is 0 Å². The van der Waals surface area contributed by atoms with Gasteiger partial charge in [0.05, 0.1) is 11.6 Å². The number of aromatic nitrogens is 2. The Morgan fingerprint density at radius 2 is 2.09 bits per heavy atom. The van der Waals surface area contributed by atoms with E-state index in [1.54, 1.807) is 22.4 Å². The average Bonchev–Trinajstić information content (AvgIpc) is 3.06. The number of carboxylic acid groups (broad SMARTS) is 1. The lowest BCUT2D eigenvalue weighted by Crippen LogP contribution is -2.24. The number of aryl methyl sites for hydroxylation is 2. The fraction of sp³-hybridized carbons (Fsp3) is 0.375. The van der Waals surface area contributed by atoms with Crippen LogP contribution in [0.15, 0.2) is 35.3 Å². The van der Waals surface area contributed by atoms with Crippen molar-refractivity contribution in [1.29, 1.82) is 0 Å². The number of imidazole rings is 1. The standard InChI is InChI=1S/C16H19N3O3/c1-10-9-18(2)16(22)19(10)14-6-4-3-5-12(14)13-7-11(8-17-13)15(20)21/h3-6,9,11,13,17H,7-8H2,1-2H3,(H,20,21). The molecule has 0 radical (unpaired) electrons. The maximum atomic E-state index is 12.3. The molecule has 0 amide bonds. The van der Waals surface area contributed by atoms with E-state index in [0.29, 0.717) is 13.0 Å². The van der Waals surface area contributed by atoms with E-state index in [1.165, 1.54) is 0 Å². The van der Waals surface area contributed by atoms with Crippen LogP contribution in [-0.2, 0) is 11.8 Å². The van der Waals surface area contributed by atoms with Gasteiger partial charge in [0.2, 0.25) is 0 Å². The van der Waals surface area contributed by atoms with Crippen molar-refractivity contribution >= 4 is 5.97 Å². The van der Waals surface area contributed by atoms with Crippen LogP contribution < -0.4 is 11.0 Å². The van der Waals surface area contributed by atoms with Crippen molar-refractivity contribution < 1.29 is 9.90 Å². The molecule has 6 nitrogen and oxygen atoms in total. The third-order valence-corrected chi connectivity index (χ3v) is 4.26. The summed E-state index contributed by atoms with van der Waals surface area (Å²) in [6.45, 7) is 2.34. The second kappa shape index (κ2) is 5.46. The zero-order chi connectivity index (χ0) is 15.9. The van der Waals surface area contributed by atoms with Crippen molar-refractivity contribution in [1.82, 2.24) is 14.5 Å². The first-order chi connectivity index (χ1) is 10.5. The van der Waals surface area contributed by atoms with Crippen molar-refractivity contribution in [3.63, 3.8) is 0 Å². The molecule has 2 N–H and O–H groups in total. The largest absolute Gasteiger partial charge is 0.481 e. The normalized spacial score (nSPS) is 21.2. The summed E-state index contributed by atoms with van der Waals surface area (Å²) in [6, 6.07) is 7.61. The van der Waals surface area contributed by atoms with Gasteiger partial charge in [0, 0.05) is 31.5 Å². The Morgan fingerprint density at radius 3 is 2.68 bits per heavy atom. The Bertz CT molecular complexity index is 775. The van der Waals surface area contributed by atoms with Gasteiger partial charge in [0.1, 0.15) is 0 Å². The number of rotatable bonds is 3. The Morgan fingerprint density at radius 1 is 1.36 bits per heavy atom. The summed E-state index contributed by atoms with van der Waals surface area (Å²) in [5.74, 6) is -1.16. The fourth-order valence-electron chi connectivity index (χ4n) is 3.14. The molecule has 1 saturated heterocycles. The van der Waals surface area contributed by atoms with E-state index in [4.69, 9.17) is 5.11 Å². The number of para-hydroxylation sites is 1. The Hall–Kier alpha value is -2.34. The van der Waals surface area contributed by atoms with Gasteiger partial charge >= 0.3 is 11.7 Å². The van der Waals surface area contributed by atoms with Crippen LogP contribution in [-0.4, -0.2) is 26.8 Å². The SMILES string of the molecule is Cc1cn(C)c(=O)n1-c1ccccc1C1CC(C(=O)O)CN1. The van der Waals surface area contributed by atoms with Gasteiger partial charge in [-0.25, -0.2) is 4.79 Å². The van der Waals surface area contributed by atoms with Gasteiger partial charge in [-0.2, -0.15) is 0 Å². The molecule has 1 aromatic heterocycles. The smallest absolute Gasteiger partial charge is 0.332 e. The quantitative estimate of drug-likeness (QED) is 0.894. The zero-order valence-corrected chi connectivity index (χ0v) is 12.6. The zero-order valence-electron chi connectivity index (χ0n) is 12.6. The highest BCUT2D eigenvalue weighted by Crippen LogP contribution is 2.31. The second-order valence-electron chi connectivity index (χ2n) is 5.79. The first-order valence-corrected chi connectivity index (χ1v) is 7.29. The first-order valence-electron chi connectivity index (χ1n) is 7.29. The summed E-state index contributed by atoms with van der Waals surface area (Å²) in [5, 5.41) is 12.4. The van der Waals surface area contributed by atoms with Gasteiger partial charge in [0.25, 0.3) is 0 Å². The molecule has 2 unspecified atom stereocenters. The first kappa shape index (κ1) is 14.6. The van der Waals surface area contributed by atoms with Crippen LogP contribution >= 0.6 is 0 Å². The van der Waals surface area contributed by atoms with Crippen LogP contribution in [0, 0.1) is 12.8 Å². The number of carbonyl (C=O) groups is 1. The molecule has 2 atom stereocenters. The highest BCUT2D eigenvalue weighted by Gasteiger charge is 2.31. The van der Waals surface area contributed by atoms with Gasteiger partial charge in [-0.1, -0.05) is 18.2 Å². The number of carboxylic acids is 1. The minimum absolute atomic E-state index is 0.0520. The maximum Gasteiger partial charge on any atom is 0.332 e. The summed E-state index contributed by atoms with van der Waals surface area (Å²) in [4.78, 5) is 23.5. The number of nitrogens with zero attached hydrogens (tertiary/aromatic N) is 2. The lowest BCUT2D eigenvalue weighted by atomic mass is 9.98. The van der Waals surface area contributed by atoms with E-state index >= 15 is 0 Å². The van der Waals surface area contributed by atoms with Crippen LogP contribution in [0.3, 0.4) is 0 Å². The number of benzene rings is 1. The van der Waals surface area contributed by atoms with E-state index in [1.807, 2.05) is 31.2 Å². The fourth-order valence-corrected chi connectivity index (χ4v) is 3.14. The third kappa shape index (κ3) is 2.35. The topological polar surface area (TPSA) is 76.3 Å². The maximum absolute atomic E-state index is 12.3. The third-order valence-electron chi connectivity index (χ3n) is 4.26. The van der Waals surface area contributed by atoms with Crippen molar-refractivity contribution in [2.45, 2.75) is 19.4 Å². The summed E-state index contributed by atoms with van der Waals surface area (Å²) in [6.07, 6.45) is 2.33. The summed E-state index contributed by atoms with van der Waals surface area (Å²) >= 11 is 0. The predicted octanol–water partition coefficient (Wildman–Crippen LogP) is 1.22. The lowest BCUT2D eigenvalue weighted by Gasteiger charge is -2.17. The van der Waals surface area contributed by atoms with E-state index in [9.17, 15) is 9.59 Å². The van der Waals surface area contributed by atoms with E-state index in [2.05, 4.69) is 5.32 Å². The highest BCUT2D eigenvalue weighted by molar-refractivity contribution is 5.71. The monoisotopic (exact) mass is 301 g/mol. The molecule has 3 rings (SSSR count). The molecular formula is C16H19N3O3. The van der Waals surface area contributed by atoms with E-state index < -0.39 is 5.97 Å². The van der Waals surface area contributed by atoms with Gasteiger partial charge in [-0.3, -0.25) is 9.36 Å². The van der Waals surface area contributed by atoms with Gasteiger partial charge in [0.15, 0.2) is 0 Å². The van der Waals surface area contributed by atoms with Crippen molar-refractivity contribution in [2.24, 2.45) is 13.0 Å². The second-order valence-corrected chi connectivity index (χ2v) is 5.79. The highest BCUT2D eigenvalue weighted by atomic mass is 16.4. The summed E-state index contributed by atoms with van der Waals surface area (Å²) in [7, 11) is 1.72. The molecule has 6 heteroatoms. The minimum Gasteiger partial charge on any atom is -0.481 e. The molecule has 22 heavy (non-hydrogen) atoms. The van der Waals surface area contributed by atoms with Crippen molar-refractivity contribution in [2.75, 3.05) is 6.54 Å². The number of nitrogens with one attached hydrogen (secondary N) is 1. The number of aliphatic carboxylic acids is 1. The Labute approximate surface area is 128 Å². The van der Waals surface area contributed by atoms with Gasteiger partial charge in [-0.15, -0.1) is 0 Å². The number of hydrogen-bond acceptors (Lipinski definition) is 3. The molecule has 2 aromatic rings. The minimum atomic E-state index is -0.777. The molecule has 1 aliphatic rings.